The van der Waals surface area contributed by atoms with Crippen molar-refractivity contribution in [2.45, 2.75) is 18.1 Å². The monoisotopic (exact) mass is 423 g/mol. The second kappa shape index (κ2) is 8.93. The van der Waals surface area contributed by atoms with E-state index in [1.807, 2.05) is 17.5 Å². The summed E-state index contributed by atoms with van der Waals surface area (Å²) in [6, 6.07) is 6.53. The van der Waals surface area contributed by atoms with E-state index < -0.39 is 23.4 Å². The molecule has 0 aliphatic heterocycles. The zero-order valence-electron chi connectivity index (χ0n) is 14.4. The number of halogens is 2. The first-order valence-electron chi connectivity index (χ1n) is 8.07. The van der Waals surface area contributed by atoms with E-state index in [0.29, 0.717) is 11.0 Å². The van der Waals surface area contributed by atoms with Crippen molar-refractivity contribution in [1.29, 1.82) is 0 Å². The number of anilines is 1. The minimum absolute atomic E-state index is 0.0880. The molecule has 3 rings (SSSR count). The molecule has 0 spiro atoms. The highest BCUT2D eigenvalue weighted by atomic mass is 32.2. The summed E-state index contributed by atoms with van der Waals surface area (Å²) < 4.78 is 28.5. The van der Waals surface area contributed by atoms with Crippen LogP contribution < -0.4 is 11.1 Å². The molecule has 2 aromatic heterocycles. The van der Waals surface area contributed by atoms with Gasteiger partial charge in [-0.1, -0.05) is 17.8 Å². The molecule has 28 heavy (non-hydrogen) atoms. The van der Waals surface area contributed by atoms with Crippen LogP contribution in [-0.2, 0) is 16.1 Å². The maximum atomic E-state index is 13.6. The van der Waals surface area contributed by atoms with Crippen LogP contribution >= 0.6 is 23.1 Å². The van der Waals surface area contributed by atoms with Gasteiger partial charge in [0.05, 0.1) is 16.3 Å². The SMILES string of the molecule is NC(=O)CCn1c(SCC(=O)Nc2cc(F)ccc2F)nnc1-c1cccs1. The van der Waals surface area contributed by atoms with Crippen LogP contribution in [0.2, 0.25) is 0 Å². The normalized spacial score (nSPS) is 10.8. The third kappa shape index (κ3) is 4.93. The molecular weight excluding hydrogens is 408 g/mol. The Kier molecular flexibility index (Phi) is 6.37. The molecule has 2 amide bonds. The van der Waals surface area contributed by atoms with Crippen molar-refractivity contribution in [2.75, 3.05) is 11.1 Å². The third-order valence-corrected chi connectivity index (χ3v) is 5.41. The van der Waals surface area contributed by atoms with Crippen LogP contribution in [0.25, 0.3) is 10.7 Å². The number of nitrogens with zero attached hydrogens (tertiary/aromatic N) is 3. The first-order valence-corrected chi connectivity index (χ1v) is 9.93. The summed E-state index contributed by atoms with van der Waals surface area (Å²) in [5.74, 6) is -1.93. The van der Waals surface area contributed by atoms with Crippen molar-refractivity contribution < 1.29 is 18.4 Å². The van der Waals surface area contributed by atoms with Crippen molar-refractivity contribution in [1.82, 2.24) is 14.8 Å². The average molecular weight is 423 g/mol. The van der Waals surface area contributed by atoms with Crippen LogP contribution in [0.3, 0.4) is 0 Å². The number of primary amides is 1. The Morgan fingerprint density at radius 3 is 2.79 bits per heavy atom. The van der Waals surface area contributed by atoms with Crippen molar-refractivity contribution in [3.8, 4) is 10.7 Å². The van der Waals surface area contributed by atoms with Crippen LogP contribution in [0.1, 0.15) is 6.42 Å². The van der Waals surface area contributed by atoms with Gasteiger partial charge in [-0.15, -0.1) is 21.5 Å². The molecule has 7 nitrogen and oxygen atoms in total. The van der Waals surface area contributed by atoms with Gasteiger partial charge < -0.3 is 15.6 Å². The van der Waals surface area contributed by atoms with E-state index in [-0.39, 0.29) is 24.4 Å². The summed E-state index contributed by atoms with van der Waals surface area (Å²) >= 11 is 2.53. The van der Waals surface area contributed by atoms with Crippen molar-refractivity contribution >= 4 is 40.6 Å². The number of carbonyl (C=O) groups is 2. The van der Waals surface area contributed by atoms with E-state index in [9.17, 15) is 18.4 Å². The van der Waals surface area contributed by atoms with Gasteiger partial charge in [-0.2, -0.15) is 0 Å². The Bertz CT molecular complexity index is 992. The molecule has 0 radical (unpaired) electrons. The van der Waals surface area contributed by atoms with Gasteiger partial charge in [0.1, 0.15) is 11.6 Å². The summed E-state index contributed by atoms with van der Waals surface area (Å²) in [6.45, 7) is 0.262. The number of hydrogen-bond acceptors (Lipinski definition) is 6. The zero-order valence-corrected chi connectivity index (χ0v) is 16.0. The lowest BCUT2D eigenvalue weighted by Crippen LogP contribution is -2.17. The lowest BCUT2D eigenvalue weighted by atomic mass is 10.3. The number of rotatable bonds is 8. The molecule has 0 bridgehead atoms. The highest BCUT2D eigenvalue weighted by Crippen LogP contribution is 2.27. The van der Waals surface area contributed by atoms with Crippen molar-refractivity contribution in [2.24, 2.45) is 5.73 Å². The largest absolute Gasteiger partial charge is 0.370 e. The maximum absolute atomic E-state index is 13.6. The predicted octanol–water partition coefficient (Wildman–Crippen LogP) is 2.89. The summed E-state index contributed by atoms with van der Waals surface area (Å²) in [5, 5.41) is 12.8. The van der Waals surface area contributed by atoms with E-state index in [1.165, 1.54) is 11.3 Å². The van der Waals surface area contributed by atoms with Gasteiger partial charge in [0.15, 0.2) is 11.0 Å². The average Bonchev–Trinajstić information content (AvgIpc) is 3.30. The molecule has 0 saturated heterocycles. The topological polar surface area (TPSA) is 103 Å². The first kappa shape index (κ1) is 20.0. The molecule has 0 fully saturated rings. The van der Waals surface area contributed by atoms with E-state index >= 15 is 0 Å². The number of thiophene rings is 1. The fraction of sp³-hybridized carbons (Fsp3) is 0.176. The maximum Gasteiger partial charge on any atom is 0.234 e. The summed E-state index contributed by atoms with van der Waals surface area (Å²) in [4.78, 5) is 24.1. The highest BCUT2D eigenvalue weighted by Gasteiger charge is 2.17. The number of nitrogens with one attached hydrogen (secondary N) is 1. The fourth-order valence-corrected chi connectivity index (χ4v) is 3.80. The Morgan fingerprint density at radius 2 is 2.07 bits per heavy atom. The van der Waals surface area contributed by atoms with E-state index in [1.54, 1.807) is 4.57 Å². The van der Waals surface area contributed by atoms with Crippen LogP contribution in [0.5, 0.6) is 0 Å². The number of aromatic nitrogens is 3. The summed E-state index contributed by atoms with van der Waals surface area (Å²) in [6.07, 6.45) is 0.0880. The van der Waals surface area contributed by atoms with Gasteiger partial charge in [0.2, 0.25) is 11.8 Å². The predicted molar refractivity (Wildman–Crippen MR) is 103 cm³/mol. The number of benzene rings is 1. The number of hydrogen-bond donors (Lipinski definition) is 2. The van der Waals surface area contributed by atoms with Crippen molar-refractivity contribution in [3.63, 3.8) is 0 Å². The smallest absolute Gasteiger partial charge is 0.234 e. The third-order valence-electron chi connectivity index (χ3n) is 3.58. The molecule has 1 aromatic carbocycles. The van der Waals surface area contributed by atoms with E-state index in [0.717, 1.165) is 34.8 Å². The van der Waals surface area contributed by atoms with Gasteiger partial charge >= 0.3 is 0 Å². The molecule has 0 aliphatic carbocycles. The van der Waals surface area contributed by atoms with Crippen LogP contribution in [0.4, 0.5) is 14.5 Å². The lowest BCUT2D eigenvalue weighted by molar-refractivity contribution is -0.118. The number of carbonyl (C=O) groups excluding carboxylic acids is 2. The van der Waals surface area contributed by atoms with E-state index in [4.69, 9.17) is 5.73 Å². The molecular formula is C17H15F2N5O2S2. The summed E-state index contributed by atoms with van der Waals surface area (Å²) in [7, 11) is 0. The molecule has 2 heterocycles. The molecule has 3 aromatic rings. The number of thioether (sulfide) groups is 1. The second-order valence-electron chi connectivity index (χ2n) is 5.61. The Balaban J connectivity index is 1.71. The summed E-state index contributed by atoms with van der Waals surface area (Å²) in [5.41, 5.74) is 5.00. The van der Waals surface area contributed by atoms with Gasteiger partial charge in [-0.3, -0.25) is 9.59 Å². The van der Waals surface area contributed by atoms with Crippen LogP contribution in [0.15, 0.2) is 40.9 Å². The first-order chi connectivity index (χ1) is 13.4. The Morgan fingerprint density at radius 1 is 1.25 bits per heavy atom. The zero-order chi connectivity index (χ0) is 20.1. The minimum Gasteiger partial charge on any atom is -0.370 e. The minimum atomic E-state index is -0.732. The van der Waals surface area contributed by atoms with Gasteiger partial charge in [0.25, 0.3) is 0 Å². The molecule has 11 heteroatoms. The van der Waals surface area contributed by atoms with Gasteiger partial charge in [0, 0.05) is 19.0 Å². The Labute approximate surface area is 167 Å². The standard InChI is InChI=1S/C17H15F2N5O2S2/c18-10-3-4-11(19)12(8-10)21-15(26)9-28-17-23-22-16(13-2-1-7-27-13)24(17)6-5-14(20)25/h1-4,7-8H,5-6,9H2,(H2,20,25)(H,21,26). The molecule has 0 atom stereocenters. The highest BCUT2D eigenvalue weighted by molar-refractivity contribution is 7.99. The van der Waals surface area contributed by atoms with Crippen LogP contribution in [0, 0.1) is 11.6 Å². The van der Waals surface area contributed by atoms with Gasteiger partial charge in [-0.05, 0) is 23.6 Å². The molecule has 146 valence electrons. The quantitative estimate of drug-likeness (QED) is 0.543. The Hall–Kier alpha value is -2.79. The molecule has 0 aliphatic rings. The molecule has 3 N–H and O–H groups in total. The number of amides is 2. The second-order valence-corrected chi connectivity index (χ2v) is 7.50. The number of nitrogens with two attached hydrogens (primary N) is 1. The van der Waals surface area contributed by atoms with Crippen molar-refractivity contribution in [3.05, 3.63) is 47.3 Å². The fourth-order valence-electron chi connectivity index (χ4n) is 2.32. The van der Waals surface area contributed by atoms with E-state index in [2.05, 4.69) is 15.5 Å². The molecule has 0 saturated carbocycles. The lowest BCUT2D eigenvalue weighted by Gasteiger charge is -2.09. The molecule has 0 unspecified atom stereocenters. The van der Waals surface area contributed by atoms with Gasteiger partial charge in [-0.25, -0.2) is 8.78 Å². The van der Waals surface area contributed by atoms with Crippen LogP contribution in [-0.4, -0.2) is 32.3 Å².